The van der Waals surface area contributed by atoms with Crippen LogP contribution in [0.5, 0.6) is 0 Å². The highest BCUT2D eigenvalue weighted by Crippen LogP contribution is 2.13. The first-order valence-corrected chi connectivity index (χ1v) is 28.1. The number of carbonyl (C=O) groups is 3. The standard InChI is InChI=1S/3C20H37NO/c3*1-2-3-4-5-6-7-8-9-10-11-12-13-14-15-16-17-18-19-20(21)22/h3*6-7,9-10H,2-5,8,11-19H2,1H3,(H2,21,22). The fraction of sp³-hybridized carbons (Fsp3) is 0.750. The van der Waals surface area contributed by atoms with Crippen LogP contribution < -0.4 is 17.2 Å². The van der Waals surface area contributed by atoms with Gasteiger partial charge in [-0.15, -0.1) is 0 Å². The first-order chi connectivity index (χ1) is 32.3. The van der Waals surface area contributed by atoms with E-state index in [4.69, 9.17) is 17.2 Å². The number of allylic oxidation sites excluding steroid dienone is 12. The van der Waals surface area contributed by atoms with Gasteiger partial charge in [-0.25, -0.2) is 0 Å². The van der Waals surface area contributed by atoms with Crippen molar-refractivity contribution in [1.29, 1.82) is 0 Å². The Morgan fingerprint density at radius 3 is 0.591 bits per heavy atom. The van der Waals surface area contributed by atoms with E-state index in [0.717, 1.165) is 57.8 Å². The Bertz CT molecular complexity index is 1020. The van der Waals surface area contributed by atoms with E-state index in [1.807, 2.05) is 0 Å². The lowest BCUT2D eigenvalue weighted by Gasteiger charge is -2.00. The molecule has 384 valence electrons. The molecule has 0 fully saturated rings. The smallest absolute Gasteiger partial charge is 0.217 e. The molecule has 0 heterocycles. The second-order valence-corrected chi connectivity index (χ2v) is 18.5. The number of rotatable bonds is 48. The monoisotopic (exact) mass is 922 g/mol. The molecule has 0 aliphatic carbocycles. The van der Waals surface area contributed by atoms with Crippen molar-refractivity contribution in [2.45, 2.75) is 290 Å². The fourth-order valence-corrected chi connectivity index (χ4v) is 7.39. The predicted octanol–water partition coefficient (Wildman–Crippen LogP) is 18.2. The van der Waals surface area contributed by atoms with Gasteiger partial charge in [0.25, 0.3) is 0 Å². The zero-order valence-corrected chi connectivity index (χ0v) is 44.1. The van der Waals surface area contributed by atoms with Gasteiger partial charge in [0.15, 0.2) is 0 Å². The minimum Gasteiger partial charge on any atom is -0.370 e. The Balaban J connectivity index is -0.000000902. The van der Waals surface area contributed by atoms with E-state index in [9.17, 15) is 14.4 Å². The van der Waals surface area contributed by atoms with Crippen LogP contribution in [0.3, 0.4) is 0 Å². The van der Waals surface area contributed by atoms with Crippen LogP contribution >= 0.6 is 0 Å². The molecular formula is C60H111N3O3. The Morgan fingerprint density at radius 2 is 0.409 bits per heavy atom. The molecule has 0 saturated carbocycles. The number of hydrogen-bond acceptors (Lipinski definition) is 3. The Labute approximate surface area is 411 Å². The van der Waals surface area contributed by atoms with Crippen molar-refractivity contribution in [3.63, 3.8) is 0 Å². The molecule has 66 heavy (non-hydrogen) atoms. The second-order valence-electron chi connectivity index (χ2n) is 18.5. The van der Waals surface area contributed by atoms with Crippen LogP contribution in [0.4, 0.5) is 0 Å². The summed E-state index contributed by atoms with van der Waals surface area (Å²) in [5.74, 6) is -0.493. The van der Waals surface area contributed by atoms with E-state index in [2.05, 4.69) is 93.7 Å². The molecule has 6 nitrogen and oxygen atoms in total. The van der Waals surface area contributed by atoms with Crippen LogP contribution in [-0.2, 0) is 14.4 Å². The maximum atomic E-state index is 10.6. The molecule has 3 amide bonds. The van der Waals surface area contributed by atoms with Crippen molar-refractivity contribution in [1.82, 2.24) is 0 Å². The van der Waals surface area contributed by atoms with Gasteiger partial charge in [-0.3, -0.25) is 14.4 Å². The molecule has 0 rings (SSSR count). The Morgan fingerprint density at radius 1 is 0.242 bits per heavy atom. The summed E-state index contributed by atoms with van der Waals surface area (Å²) in [6.45, 7) is 6.74. The molecule has 0 aromatic heterocycles. The maximum Gasteiger partial charge on any atom is 0.217 e. The first-order valence-electron chi connectivity index (χ1n) is 28.1. The van der Waals surface area contributed by atoms with Crippen molar-refractivity contribution in [2.24, 2.45) is 17.2 Å². The third kappa shape index (κ3) is 75.2. The molecule has 6 heteroatoms. The molecule has 0 unspecified atom stereocenters. The van der Waals surface area contributed by atoms with Crippen molar-refractivity contribution in [3.8, 4) is 0 Å². The number of nitrogens with two attached hydrogens (primary N) is 3. The van der Waals surface area contributed by atoms with E-state index in [0.29, 0.717) is 19.3 Å². The van der Waals surface area contributed by atoms with E-state index in [1.54, 1.807) is 0 Å². The number of unbranched alkanes of at least 4 members (excludes halogenated alkanes) is 30. The third-order valence-electron chi connectivity index (χ3n) is 11.6. The third-order valence-corrected chi connectivity index (χ3v) is 11.6. The van der Waals surface area contributed by atoms with E-state index in [-0.39, 0.29) is 17.7 Å². The maximum absolute atomic E-state index is 10.6. The molecular weight excluding hydrogens is 811 g/mol. The number of hydrogen-bond donors (Lipinski definition) is 3. The van der Waals surface area contributed by atoms with Crippen molar-refractivity contribution >= 4 is 17.7 Å². The summed E-state index contributed by atoms with van der Waals surface area (Å²) >= 11 is 0. The Hall–Kier alpha value is -3.15. The van der Waals surface area contributed by atoms with Gasteiger partial charge in [-0.05, 0) is 116 Å². The highest BCUT2D eigenvalue weighted by Gasteiger charge is 1.97. The van der Waals surface area contributed by atoms with Crippen LogP contribution in [0.2, 0.25) is 0 Å². The second kappa shape index (κ2) is 63.9. The number of amides is 3. The summed E-state index contributed by atoms with van der Waals surface area (Å²) in [6.07, 6.45) is 77.7. The lowest BCUT2D eigenvalue weighted by molar-refractivity contribution is -0.119. The summed E-state index contributed by atoms with van der Waals surface area (Å²) in [5.41, 5.74) is 15.3. The van der Waals surface area contributed by atoms with Crippen LogP contribution in [-0.4, -0.2) is 17.7 Å². The van der Waals surface area contributed by atoms with Crippen molar-refractivity contribution in [2.75, 3.05) is 0 Å². The molecule has 0 atom stereocenters. The quantitative estimate of drug-likeness (QED) is 0.0415. The van der Waals surface area contributed by atoms with Crippen LogP contribution in [0.25, 0.3) is 0 Å². The summed E-state index contributed by atoms with van der Waals surface area (Å²) in [4.78, 5) is 31.7. The first kappa shape index (κ1) is 67.1. The van der Waals surface area contributed by atoms with E-state index >= 15 is 0 Å². The van der Waals surface area contributed by atoms with Gasteiger partial charge in [0.1, 0.15) is 0 Å². The van der Waals surface area contributed by atoms with Gasteiger partial charge in [-0.1, -0.05) is 229 Å². The average molecular weight is 923 g/mol. The summed E-state index contributed by atoms with van der Waals surface area (Å²) < 4.78 is 0. The van der Waals surface area contributed by atoms with Crippen LogP contribution in [0, 0.1) is 0 Å². The number of carbonyl (C=O) groups excluding carboxylic acids is 3. The minimum atomic E-state index is -0.164. The van der Waals surface area contributed by atoms with E-state index < -0.39 is 0 Å². The molecule has 0 aromatic carbocycles. The number of primary amides is 3. The lowest BCUT2D eigenvalue weighted by atomic mass is 10.1. The molecule has 0 saturated heterocycles. The van der Waals surface area contributed by atoms with Gasteiger partial charge < -0.3 is 17.2 Å². The zero-order chi connectivity index (χ0) is 48.9. The summed E-state index contributed by atoms with van der Waals surface area (Å²) in [6, 6.07) is 0. The van der Waals surface area contributed by atoms with Gasteiger partial charge in [0, 0.05) is 19.3 Å². The minimum absolute atomic E-state index is 0.164. The van der Waals surface area contributed by atoms with Crippen molar-refractivity contribution < 1.29 is 14.4 Å². The average Bonchev–Trinajstić information content (AvgIpc) is 3.29. The molecule has 6 N–H and O–H groups in total. The predicted molar refractivity (Wildman–Crippen MR) is 293 cm³/mol. The van der Waals surface area contributed by atoms with Crippen LogP contribution in [0.15, 0.2) is 72.9 Å². The molecule has 0 spiro atoms. The van der Waals surface area contributed by atoms with Gasteiger partial charge >= 0.3 is 0 Å². The highest BCUT2D eigenvalue weighted by molar-refractivity contribution is 5.74. The largest absolute Gasteiger partial charge is 0.370 e. The molecule has 0 radical (unpaired) electrons. The summed E-state index contributed by atoms with van der Waals surface area (Å²) in [7, 11) is 0. The van der Waals surface area contributed by atoms with Crippen LogP contribution in [0.1, 0.15) is 290 Å². The van der Waals surface area contributed by atoms with Gasteiger partial charge in [0.05, 0.1) is 0 Å². The lowest BCUT2D eigenvalue weighted by Crippen LogP contribution is -2.09. The Kier molecular flexibility index (Phi) is 65.0. The van der Waals surface area contributed by atoms with Crippen molar-refractivity contribution in [3.05, 3.63) is 72.9 Å². The molecule has 0 aliphatic heterocycles. The molecule has 0 aliphatic rings. The SMILES string of the molecule is CCCCCC=CCC=CCCCCCCCCCC(N)=O.CCCCCC=CCC=CCCCCCCCCCC(N)=O.CCCCCC=CCC=CCCCCCCCCCC(N)=O. The zero-order valence-electron chi connectivity index (χ0n) is 44.1. The van der Waals surface area contributed by atoms with Gasteiger partial charge in [0.2, 0.25) is 17.7 Å². The van der Waals surface area contributed by atoms with E-state index in [1.165, 1.54) is 193 Å². The molecule has 0 aromatic rings. The normalized spacial score (nSPS) is 11.7. The fourth-order valence-electron chi connectivity index (χ4n) is 7.39. The molecule has 0 bridgehead atoms. The summed E-state index contributed by atoms with van der Waals surface area (Å²) in [5, 5.41) is 0. The highest BCUT2D eigenvalue weighted by atomic mass is 16.1. The van der Waals surface area contributed by atoms with Gasteiger partial charge in [-0.2, -0.15) is 0 Å². The topological polar surface area (TPSA) is 129 Å².